The van der Waals surface area contributed by atoms with Crippen LogP contribution in [-0.2, 0) is 4.79 Å². The molecule has 21 heavy (non-hydrogen) atoms. The lowest BCUT2D eigenvalue weighted by molar-refractivity contribution is -0.126. The van der Waals surface area contributed by atoms with Gasteiger partial charge in [0.2, 0.25) is 5.91 Å². The first-order valence-electron chi connectivity index (χ1n) is 7.03. The van der Waals surface area contributed by atoms with E-state index < -0.39 is 11.4 Å². The average Bonchev–Trinajstić information content (AvgIpc) is 2.47. The molecule has 4 N–H and O–H groups in total. The molecule has 1 amide bonds. The molecule has 0 aromatic heterocycles. The van der Waals surface area contributed by atoms with E-state index in [-0.39, 0.29) is 18.0 Å². The summed E-state index contributed by atoms with van der Waals surface area (Å²) in [5.41, 5.74) is 5.65. The number of nitrogens with two attached hydrogens (primary N) is 1. The molecule has 0 aliphatic heterocycles. The highest BCUT2D eigenvalue weighted by molar-refractivity contribution is 9.10. The van der Waals surface area contributed by atoms with Crippen molar-refractivity contribution in [2.75, 3.05) is 11.9 Å². The first-order valence-corrected chi connectivity index (χ1v) is 7.82. The summed E-state index contributed by atoms with van der Waals surface area (Å²) in [5, 5.41) is 12.0. The molecule has 5 nitrogen and oxygen atoms in total. The quantitative estimate of drug-likeness (QED) is 0.774. The zero-order valence-electron chi connectivity index (χ0n) is 11.7. The van der Waals surface area contributed by atoms with Gasteiger partial charge in [0.25, 0.3) is 0 Å². The van der Waals surface area contributed by atoms with Crippen molar-refractivity contribution in [1.29, 1.82) is 0 Å². The summed E-state index contributed by atoms with van der Waals surface area (Å²) in [6, 6.07) is 4.71. The van der Waals surface area contributed by atoms with Gasteiger partial charge >= 0.3 is 5.97 Å². The summed E-state index contributed by atoms with van der Waals surface area (Å²) in [7, 11) is 0. The second kappa shape index (κ2) is 6.58. The molecule has 1 fully saturated rings. The number of amides is 1. The lowest BCUT2D eigenvalue weighted by Gasteiger charge is -2.34. The fourth-order valence-electron chi connectivity index (χ4n) is 2.81. The Morgan fingerprint density at radius 3 is 2.52 bits per heavy atom. The summed E-state index contributed by atoms with van der Waals surface area (Å²) >= 11 is 3.29. The second-order valence-electron chi connectivity index (χ2n) is 5.49. The highest BCUT2D eigenvalue weighted by Gasteiger charge is 2.38. The summed E-state index contributed by atoms with van der Waals surface area (Å²) in [6.07, 6.45) is 4.59. The third kappa shape index (κ3) is 3.44. The molecule has 1 aliphatic rings. The smallest absolute Gasteiger partial charge is 0.337 e. The Hall–Kier alpha value is -1.40. The van der Waals surface area contributed by atoms with Gasteiger partial charge < -0.3 is 16.2 Å². The number of carbonyl (C=O) groups is 2. The Morgan fingerprint density at radius 1 is 1.29 bits per heavy atom. The Balaban J connectivity index is 2.26. The molecule has 0 saturated heterocycles. The maximum atomic E-state index is 12.6. The minimum Gasteiger partial charge on any atom is -0.478 e. The van der Waals surface area contributed by atoms with Crippen LogP contribution in [-0.4, -0.2) is 23.5 Å². The van der Waals surface area contributed by atoms with E-state index in [0.717, 1.165) is 32.1 Å². The van der Waals surface area contributed by atoms with E-state index in [2.05, 4.69) is 21.2 Å². The highest BCUT2D eigenvalue weighted by Crippen LogP contribution is 2.37. The number of carboxylic acid groups (broad SMARTS) is 1. The van der Waals surface area contributed by atoms with Crippen LogP contribution in [0.3, 0.4) is 0 Å². The van der Waals surface area contributed by atoms with Crippen molar-refractivity contribution in [1.82, 2.24) is 0 Å². The third-order valence-electron chi connectivity index (χ3n) is 4.14. The van der Waals surface area contributed by atoms with E-state index in [1.54, 1.807) is 12.1 Å². The molecule has 0 spiro atoms. The Kier molecular flexibility index (Phi) is 5.00. The number of nitrogens with one attached hydrogen (secondary N) is 1. The molecule has 0 atom stereocenters. The van der Waals surface area contributed by atoms with Crippen molar-refractivity contribution in [2.45, 2.75) is 32.1 Å². The van der Waals surface area contributed by atoms with Crippen molar-refractivity contribution in [3.8, 4) is 0 Å². The Morgan fingerprint density at radius 2 is 1.95 bits per heavy atom. The van der Waals surface area contributed by atoms with Gasteiger partial charge in [-0.15, -0.1) is 0 Å². The van der Waals surface area contributed by atoms with Gasteiger partial charge in [0.1, 0.15) is 0 Å². The predicted octanol–water partition coefficient (Wildman–Crippen LogP) is 3.00. The van der Waals surface area contributed by atoms with Gasteiger partial charge in [0.05, 0.1) is 16.7 Å². The van der Waals surface area contributed by atoms with Gasteiger partial charge in [-0.05, 0) is 31.0 Å². The van der Waals surface area contributed by atoms with Gasteiger partial charge in [0.15, 0.2) is 0 Å². The lowest BCUT2D eigenvalue weighted by atomic mass is 9.73. The van der Waals surface area contributed by atoms with Crippen LogP contribution in [0.5, 0.6) is 0 Å². The van der Waals surface area contributed by atoms with Crippen LogP contribution in [0.2, 0.25) is 0 Å². The monoisotopic (exact) mass is 354 g/mol. The van der Waals surface area contributed by atoms with E-state index in [1.807, 2.05) is 0 Å². The highest BCUT2D eigenvalue weighted by atomic mass is 79.9. The number of hydrogen-bond acceptors (Lipinski definition) is 3. The number of halogens is 1. The normalized spacial score (nSPS) is 17.2. The molecule has 1 aromatic carbocycles. The number of hydrogen-bond donors (Lipinski definition) is 3. The maximum Gasteiger partial charge on any atom is 0.337 e. The number of benzene rings is 1. The standard InChI is InChI=1S/C15H19BrN2O3/c16-10-4-5-11(13(19)20)12(8-10)18-14(21)15(9-17)6-2-1-3-7-15/h4-5,8H,1-3,6-7,9,17H2,(H,18,21)(H,19,20). The van der Waals surface area contributed by atoms with Gasteiger partial charge in [-0.2, -0.15) is 0 Å². The fourth-order valence-corrected chi connectivity index (χ4v) is 3.17. The van der Waals surface area contributed by atoms with E-state index >= 15 is 0 Å². The van der Waals surface area contributed by atoms with E-state index in [0.29, 0.717) is 10.2 Å². The molecule has 1 saturated carbocycles. The molecule has 0 bridgehead atoms. The molecule has 0 unspecified atom stereocenters. The number of aromatic carboxylic acids is 1. The van der Waals surface area contributed by atoms with Crippen molar-refractivity contribution in [2.24, 2.45) is 11.1 Å². The van der Waals surface area contributed by atoms with Crippen molar-refractivity contribution < 1.29 is 14.7 Å². The van der Waals surface area contributed by atoms with E-state index in [4.69, 9.17) is 5.73 Å². The summed E-state index contributed by atoms with van der Waals surface area (Å²) in [6.45, 7) is 0.287. The van der Waals surface area contributed by atoms with Gasteiger partial charge in [-0.1, -0.05) is 35.2 Å². The molecule has 1 aromatic rings. The molecule has 0 radical (unpaired) electrons. The van der Waals surface area contributed by atoms with Crippen LogP contribution in [0.25, 0.3) is 0 Å². The largest absolute Gasteiger partial charge is 0.478 e. The van der Waals surface area contributed by atoms with Crippen molar-refractivity contribution in [3.05, 3.63) is 28.2 Å². The molecular weight excluding hydrogens is 336 g/mol. The van der Waals surface area contributed by atoms with Crippen LogP contribution >= 0.6 is 15.9 Å². The minimum atomic E-state index is -1.07. The molecule has 6 heteroatoms. The SMILES string of the molecule is NCC1(C(=O)Nc2cc(Br)ccc2C(=O)O)CCCCC1. The van der Waals surface area contributed by atoms with Gasteiger partial charge in [0, 0.05) is 11.0 Å². The first kappa shape index (κ1) is 16.0. The van der Waals surface area contributed by atoms with Crippen LogP contribution in [0.4, 0.5) is 5.69 Å². The Bertz CT molecular complexity index is 554. The third-order valence-corrected chi connectivity index (χ3v) is 4.64. The number of rotatable bonds is 4. The van der Waals surface area contributed by atoms with Gasteiger partial charge in [-0.3, -0.25) is 4.79 Å². The van der Waals surface area contributed by atoms with Crippen LogP contribution in [0, 0.1) is 5.41 Å². The van der Waals surface area contributed by atoms with Crippen LogP contribution < -0.4 is 11.1 Å². The zero-order chi connectivity index (χ0) is 15.5. The molecular formula is C15H19BrN2O3. The molecule has 0 heterocycles. The Labute approximate surface area is 132 Å². The summed E-state index contributed by atoms with van der Waals surface area (Å²) < 4.78 is 0.716. The molecule has 1 aliphatic carbocycles. The van der Waals surface area contributed by atoms with Gasteiger partial charge in [-0.25, -0.2) is 4.79 Å². The first-order chi connectivity index (χ1) is 9.98. The second-order valence-corrected chi connectivity index (χ2v) is 6.41. The number of carboxylic acids is 1. The number of anilines is 1. The lowest BCUT2D eigenvalue weighted by Crippen LogP contribution is -2.44. The predicted molar refractivity (Wildman–Crippen MR) is 84.3 cm³/mol. The molecule has 2 rings (SSSR count). The maximum absolute atomic E-state index is 12.6. The topological polar surface area (TPSA) is 92.4 Å². The minimum absolute atomic E-state index is 0.0783. The van der Waals surface area contributed by atoms with E-state index in [9.17, 15) is 14.7 Å². The fraction of sp³-hybridized carbons (Fsp3) is 0.467. The average molecular weight is 355 g/mol. The number of carbonyl (C=O) groups excluding carboxylic acids is 1. The summed E-state index contributed by atoms with van der Waals surface area (Å²) in [5.74, 6) is -1.24. The van der Waals surface area contributed by atoms with Crippen molar-refractivity contribution in [3.63, 3.8) is 0 Å². The van der Waals surface area contributed by atoms with Crippen molar-refractivity contribution >= 4 is 33.5 Å². The van der Waals surface area contributed by atoms with Crippen LogP contribution in [0.1, 0.15) is 42.5 Å². The van der Waals surface area contributed by atoms with E-state index in [1.165, 1.54) is 6.07 Å². The summed E-state index contributed by atoms with van der Waals surface area (Å²) in [4.78, 5) is 23.9. The zero-order valence-corrected chi connectivity index (χ0v) is 13.3. The molecule has 114 valence electrons. The van der Waals surface area contributed by atoms with Crippen LogP contribution in [0.15, 0.2) is 22.7 Å².